The molecule has 2 aromatic rings. The van der Waals surface area contributed by atoms with E-state index in [1.807, 2.05) is 38.1 Å². The fourth-order valence-corrected chi connectivity index (χ4v) is 4.49. The molecule has 0 fully saturated rings. The topological polar surface area (TPSA) is 77.2 Å². The van der Waals surface area contributed by atoms with Crippen LogP contribution in [-0.4, -0.2) is 47.9 Å². The number of halogens is 1. The Morgan fingerprint density at radius 2 is 1.97 bits per heavy atom. The van der Waals surface area contributed by atoms with Crippen molar-refractivity contribution in [2.75, 3.05) is 31.5 Å². The van der Waals surface area contributed by atoms with Crippen molar-refractivity contribution in [3.8, 4) is 0 Å². The molecule has 3 rings (SSSR count). The zero-order valence-corrected chi connectivity index (χ0v) is 19.4. The number of H-pyrrole nitrogens is 1. The zero-order valence-electron chi connectivity index (χ0n) is 17.3. The first kappa shape index (κ1) is 21.6. The van der Waals surface area contributed by atoms with Crippen LogP contribution in [0.5, 0.6) is 0 Å². The quantitative estimate of drug-likeness (QED) is 0.395. The highest BCUT2D eigenvalue weighted by Crippen LogP contribution is 2.36. The smallest absolute Gasteiger partial charge is 0.256 e. The van der Waals surface area contributed by atoms with Gasteiger partial charge in [0.25, 0.3) is 11.8 Å². The van der Waals surface area contributed by atoms with Crippen LogP contribution >= 0.6 is 22.6 Å². The molecule has 0 saturated heterocycles. The summed E-state index contributed by atoms with van der Waals surface area (Å²) in [7, 11) is 0. The highest BCUT2D eigenvalue weighted by Gasteiger charge is 2.27. The first-order valence-corrected chi connectivity index (χ1v) is 11.0. The highest BCUT2D eigenvalue weighted by atomic mass is 127. The van der Waals surface area contributed by atoms with Gasteiger partial charge in [-0.15, -0.1) is 0 Å². The average molecular weight is 506 g/mol. The Morgan fingerprint density at radius 3 is 2.66 bits per heavy atom. The van der Waals surface area contributed by atoms with Crippen LogP contribution in [0.3, 0.4) is 0 Å². The molecule has 0 bridgehead atoms. The summed E-state index contributed by atoms with van der Waals surface area (Å²) in [5, 5.41) is 5.93. The molecular weight excluding hydrogens is 479 g/mol. The van der Waals surface area contributed by atoms with Gasteiger partial charge in [0.2, 0.25) is 0 Å². The van der Waals surface area contributed by atoms with Gasteiger partial charge in [-0.05, 0) is 73.3 Å². The third-order valence-electron chi connectivity index (χ3n) is 5.38. The number of fused-ring (bicyclic) bond motifs is 1. The molecule has 2 amide bonds. The number of rotatable bonds is 7. The number of amides is 2. The van der Waals surface area contributed by atoms with Crippen LogP contribution < -0.4 is 10.6 Å². The lowest BCUT2D eigenvalue weighted by atomic mass is 10.0. The average Bonchev–Trinajstić information content (AvgIpc) is 3.15. The van der Waals surface area contributed by atoms with Crippen molar-refractivity contribution in [3.05, 3.63) is 49.8 Å². The fraction of sp³-hybridized carbons (Fsp3) is 0.364. The van der Waals surface area contributed by atoms with Gasteiger partial charge in [0.15, 0.2) is 0 Å². The predicted molar refractivity (Wildman–Crippen MR) is 126 cm³/mol. The van der Waals surface area contributed by atoms with Gasteiger partial charge in [-0.3, -0.25) is 9.59 Å². The zero-order chi connectivity index (χ0) is 21.1. The Morgan fingerprint density at radius 1 is 1.24 bits per heavy atom. The van der Waals surface area contributed by atoms with Crippen molar-refractivity contribution in [1.29, 1.82) is 0 Å². The van der Waals surface area contributed by atoms with Gasteiger partial charge in [-0.1, -0.05) is 19.9 Å². The van der Waals surface area contributed by atoms with E-state index in [-0.39, 0.29) is 11.8 Å². The number of nitrogens with zero attached hydrogens (tertiary/aromatic N) is 1. The third-order valence-corrected chi connectivity index (χ3v) is 6.27. The molecule has 0 aliphatic carbocycles. The molecule has 1 aromatic carbocycles. The van der Waals surface area contributed by atoms with Crippen molar-refractivity contribution in [2.45, 2.75) is 27.7 Å². The molecule has 3 N–H and O–H groups in total. The maximum atomic E-state index is 12.8. The van der Waals surface area contributed by atoms with Crippen molar-refractivity contribution < 1.29 is 9.59 Å². The lowest BCUT2D eigenvalue weighted by Crippen LogP contribution is -2.35. The monoisotopic (exact) mass is 506 g/mol. The SMILES string of the molecule is CCN(CC)CCNC(=O)c1c(C)[nH]c(/C=C2\C(=O)Nc3cccc(I)c32)c1C. The van der Waals surface area contributed by atoms with E-state index in [1.165, 1.54) is 0 Å². The number of hydrogen-bond acceptors (Lipinski definition) is 3. The third kappa shape index (κ3) is 4.40. The van der Waals surface area contributed by atoms with Crippen molar-refractivity contribution in [3.63, 3.8) is 0 Å². The minimum atomic E-state index is -0.124. The summed E-state index contributed by atoms with van der Waals surface area (Å²) in [5.41, 5.74) is 5.44. The number of anilines is 1. The van der Waals surface area contributed by atoms with Crippen LogP contribution in [0.15, 0.2) is 18.2 Å². The van der Waals surface area contributed by atoms with Crippen LogP contribution in [0.2, 0.25) is 0 Å². The van der Waals surface area contributed by atoms with E-state index in [0.717, 1.165) is 51.4 Å². The predicted octanol–water partition coefficient (Wildman–Crippen LogP) is 3.80. The van der Waals surface area contributed by atoms with Crippen molar-refractivity contribution >= 4 is 51.7 Å². The number of aromatic amines is 1. The summed E-state index contributed by atoms with van der Waals surface area (Å²) in [5.74, 6) is -0.208. The van der Waals surface area contributed by atoms with E-state index < -0.39 is 0 Å². The molecule has 29 heavy (non-hydrogen) atoms. The lowest BCUT2D eigenvalue weighted by Gasteiger charge is -2.18. The molecule has 1 aliphatic rings. The summed E-state index contributed by atoms with van der Waals surface area (Å²) in [6.07, 6.45) is 1.85. The van der Waals surface area contributed by atoms with Crippen LogP contribution in [-0.2, 0) is 4.79 Å². The number of nitrogens with one attached hydrogen (secondary N) is 3. The molecule has 0 unspecified atom stereocenters. The van der Waals surface area contributed by atoms with Gasteiger partial charge in [0.1, 0.15) is 0 Å². The molecule has 154 valence electrons. The molecule has 2 heterocycles. The highest BCUT2D eigenvalue weighted by molar-refractivity contribution is 14.1. The number of carbonyl (C=O) groups is 2. The summed E-state index contributed by atoms with van der Waals surface area (Å²) >= 11 is 2.24. The Bertz CT molecular complexity index is 973. The first-order valence-electron chi connectivity index (χ1n) is 9.89. The van der Waals surface area contributed by atoms with Crippen LogP contribution in [0.25, 0.3) is 11.6 Å². The minimum Gasteiger partial charge on any atom is -0.358 e. The number of aryl methyl sites for hydroxylation is 1. The number of aromatic nitrogens is 1. The number of likely N-dealkylation sites (N-methyl/N-ethyl adjacent to an activating group) is 1. The summed E-state index contributed by atoms with van der Waals surface area (Å²) in [4.78, 5) is 30.8. The van der Waals surface area contributed by atoms with Crippen molar-refractivity contribution in [2.24, 2.45) is 0 Å². The van der Waals surface area contributed by atoms with E-state index >= 15 is 0 Å². The second kappa shape index (κ2) is 9.13. The second-order valence-corrected chi connectivity index (χ2v) is 8.28. The number of benzene rings is 1. The summed E-state index contributed by atoms with van der Waals surface area (Å²) in [6, 6.07) is 5.81. The van der Waals surface area contributed by atoms with Crippen LogP contribution in [0, 0.1) is 17.4 Å². The normalized spacial score (nSPS) is 14.4. The first-order chi connectivity index (χ1) is 13.9. The summed E-state index contributed by atoms with van der Waals surface area (Å²) < 4.78 is 1.01. The van der Waals surface area contributed by atoms with Crippen LogP contribution in [0.1, 0.15) is 46.7 Å². The van der Waals surface area contributed by atoms with E-state index in [4.69, 9.17) is 0 Å². The maximum Gasteiger partial charge on any atom is 0.256 e. The van der Waals surface area contributed by atoms with Gasteiger partial charge < -0.3 is 20.5 Å². The van der Waals surface area contributed by atoms with Gasteiger partial charge >= 0.3 is 0 Å². The van der Waals surface area contributed by atoms with Gasteiger partial charge in [0.05, 0.1) is 16.8 Å². The van der Waals surface area contributed by atoms with E-state index in [1.54, 1.807) is 0 Å². The van der Waals surface area contributed by atoms with Crippen molar-refractivity contribution in [1.82, 2.24) is 15.2 Å². The van der Waals surface area contributed by atoms with E-state index in [0.29, 0.717) is 17.7 Å². The summed E-state index contributed by atoms with van der Waals surface area (Å²) in [6.45, 7) is 11.4. The fourth-order valence-electron chi connectivity index (χ4n) is 3.70. The molecular formula is C22H27IN4O2. The molecule has 1 aromatic heterocycles. The largest absolute Gasteiger partial charge is 0.358 e. The van der Waals surface area contributed by atoms with E-state index in [9.17, 15) is 9.59 Å². The van der Waals surface area contributed by atoms with Gasteiger partial charge in [0, 0.05) is 33.6 Å². The molecule has 0 radical (unpaired) electrons. The van der Waals surface area contributed by atoms with Gasteiger partial charge in [-0.25, -0.2) is 0 Å². The Labute approximate surface area is 185 Å². The molecule has 1 aliphatic heterocycles. The van der Waals surface area contributed by atoms with Gasteiger partial charge in [-0.2, -0.15) is 0 Å². The standard InChI is InChI=1S/C22H27IN4O2/c1-5-27(6-2)11-10-24-22(29)19-13(3)18(25-14(19)4)12-15-20-16(23)8-7-9-17(20)26-21(15)28/h7-9,12,25H,5-6,10-11H2,1-4H3,(H,24,29)(H,26,28)/b15-12-. The van der Waals surface area contributed by atoms with Crippen LogP contribution in [0.4, 0.5) is 5.69 Å². The molecule has 7 heteroatoms. The molecule has 0 atom stereocenters. The molecule has 6 nitrogen and oxygen atoms in total. The second-order valence-electron chi connectivity index (χ2n) is 7.12. The molecule has 0 spiro atoms. The Hall–Kier alpha value is -2.13. The molecule has 0 saturated carbocycles. The Balaban J connectivity index is 1.85. The minimum absolute atomic E-state index is 0.0843. The Kier molecular flexibility index (Phi) is 6.79. The van der Waals surface area contributed by atoms with E-state index in [2.05, 4.69) is 57.0 Å². The maximum absolute atomic E-state index is 12.8. The lowest BCUT2D eigenvalue weighted by molar-refractivity contribution is -0.110. The number of carbonyl (C=O) groups excluding carboxylic acids is 2. The number of hydrogen-bond donors (Lipinski definition) is 3.